The predicted octanol–water partition coefficient (Wildman–Crippen LogP) is 2.55. The van der Waals surface area contributed by atoms with Gasteiger partial charge < -0.3 is 4.57 Å². The molecule has 0 aromatic carbocycles. The molecule has 0 amide bonds. The molecule has 2 bridgehead atoms. The Morgan fingerprint density at radius 2 is 1.70 bits per heavy atom. The van der Waals surface area contributed by atoms with Crippen molar-refractivity contribution in [2.24, 2.45) is 5.92 Å². The average molecular weight is 158 g/mol. The molecule has 0 radical (unpaired) electrons. The van der Waals surface area contributed by atoms with E-state index in [0.29, 0.717) is 0 Å². The minimum Gasteiger partial charge on any atom is -0.324 e. The fourth-order valence-corrected chi connectivity index (χ4v) is 5.84. The van der Waals surface area contributed by atoms with E-state index in [1.807, 2.05) is 0 Å². The van der Waals surface area contributed by atoms with Crippen LogP contribution in [0.2, 0.25) is 0 Å². The molecule has 0 unspecified atom stereocenters. The Hall–Kier alpha value is 0.230. The van der Waals surface area contributed by atoms with Crippen LogP contribution in [-0.2, 0) is 4.57 Å². The average Bonchev–Trinajstić information content (AvgIpc) is 1.86. The summed E-state index contributed by atoms with van der Waals surface area (Å²) < 4.78 is 11.9. The van der Waals surface area contributed by atoms with Crippen molar-refractivity contribution in [2.45, 2.75) is 25.7 Å². The maximum absolute atomic E-state index is 11.9. The Morgan fingerprint density at radius 3 is 2.10 bits per heavy atom. The largest absolute Gasteiger partial charge is 0.324 e. The number of hydrogen-bond acceptors (Lipinski definition) is 1. The standard InChI is InChI=1S/C8H15OP/c9-10-5-1-3-8(7-10)4-2-6-10/h8H,1-7H2. The van der Waals surface area contributed by atoms with Crippen LogP contribution in [0.15, 0.2) is 0 Å². The summed E-state index contributed by atoms with van der Waals surface area (Å²) in [5, 5.41) is 0. The molecule has 2 heteroatoms. The molecule has 2 fully saturated rings. The van der Waals surface area contributed by atoms with Gasteiger partial charge in [0.25, 0.3) is 0 Å². The third kappa shape index (κ3) is 1.16. The minimum absolute atomic E-state index is 0.855. The molecule has 2 heterocycles. The molecule has 58 valence electrons. The summed E-state index contributed by atoms with van der Waals surface area (Å²) >= 11 is 0. The van der Waals surface area contributed by atoms with Crippen LogP contribution in [0.25, 0.3) is 0 Å². The topological polar surface area (TPSA) is 17.1 Å². The molecule has 0 aliphatic carbocycles. The van der Waals surface area contributed by atoms with Gasteiger partial charge in [-0.25, -0.2) is 0 Å². The Kier molecular flexibility index (Phi) is 1.64. The van der Waals surface area contributed by atoms with Crippen molar-refractivity contribution in [3.8, 4) is 0 Å². The van der Waals surface area contributed by atoms with Gasteiger partial charge in [0.2, 0.25) is 0 Å². The van der Waals surface area contributed by atoms with Crippen molar-refractivity contribution in [1.29, 1.82) is 0 Å². The molecule has 1 nitrogen and oxygen atoms in total. The van der Waals surface area contributed by atoms with Crippen LogP contribution in [0, 0.1) is 5.92 Å². The predicted molar refractivity (Wildman–Crippen MR) is 44.2 cm³/mol. The normalized spacial score (nSPS) is 47.0. The van der Waals surface area contributed by atoms with E-state index in [1.165, 1.54) is 25.7 Å². The van der Waals surface area contributed by atoms with Gasteiger partial charge in [0, 0.05) is 18.5 Å². The van der Waals surface area contributed by atoms with Gasteiger partial charge in [0.15, 0.2) is 0 Å². The number of rotatable bonds is 0. The Labute approximate surface area is 62.6 Å². The highest BCUT2D eigenvalue weighted by molar-refractivity contribution is 7.64. The summed E-state index contributed by atoms with van der Waals surface area (Å²) in [6, 6.07) is 0. The molecule has 0 aromatic heterocycles. The summed E-state index contributed by atoms with van der Waals surface area (Å²) in [6.45, 7) is 0. The summed E-state index contributed by atoms with van der Waals surface area (Å²) in [5.41, 5.74) is 0. The van der Waals surface area contributed by atoms with Gasteiger partial charge in [0.05, 0.1) is 7.14 Å². The minimum atomic E-state index is -1.56. The second-order valence-corrected chi connectivity index (χ2v) is 7.21. The van der Waals surface area contributed by atoms with Crippen molar-refractivity contribution >= 4 is 7.14 Å². The van der Waals surface area contributed by atoms with Crippen molar-refractivity contribution in [3.63, 3.8) is 0 Å². The Morgan fingerprint density at radius 1 is 1.10 bits per heavy atom. The SMILES string of the molecule is O=P12CCCC(CCC1)C2. The van der Waals surface area contributed by atoms with E-state index in [0.717, 1.165) is 24.4 Å². The molecule has 2 aliphatic heterocycles. The van der Waals surface area contributed by atoms with Gasteiger partial charge in [-0.15, -0.1) is 0 Å². The van der Waals surface area contributed by atoms with E-state index in [4.69, 9.17) is 0 Å². The lowest BCUT2D eigenvalue weighted by Crippen LogP contribution is -2.21. The van der Waals surface area contributed by atoms with Gasteiger partial charge in [-0.1, -0.05) is 0 Å². The van der Waals surface area contributed by atoms with Crippen molar-refractivity contribution in [2.75, 3.05) is 18.5 Å². The molecule has 0 atom stereocenters. The molecule has 2 saturated heterocycles. The van der Waals surface area contributed by atoms with E-state index in [1.54, 1.807) is 0 Å². The highest BCUT2D eigenvalue weighted by Crippen LogP contribution is 2.56. The molecule has 2 aliphatic rings. The lowest BCUT2D eigenvalue weighted by molar-refractivity contribution is 0.430. The number of fused-ring (bicyclic) bond motifs is 2. The molecule has 2 rings (SSSR count). The third-order valence-electron chi connectivity index (χ3n) is 2.95. The van der Waals surface area contributed by atoms with Gasteiger partial charge >= 0.3 is 0 Å². The zero-order chi connectivity index (χ0) is 7.03. The monoisotopic (exact) mass is 158 g/mol. The highest BCUT2D eigenvalue weighted by Gasteiger charge is 2.33. The van der Waals surface area contributed by atoms with Crippen LogP contribution >= 0.6 is 7.14 Å². The second kappa shape index (κ2) is 2.37. The smallest absolute Gasteiger partial charge is 0.0880 e. The van der Waals surface area contributed by atoms with E-state index < -0.39 is 7.14 Å². The first-order chi connectivity index (χ1) is 4.79. The van der Waals surface area contributed by atoms with E-state index in [9.17, 15) is 4.57 Å². The lowest BCUT2D eigenvalue weighted by Gasteiger charge is -2.34. The molecular weight excluding hydrogens is 143 g/mol. The summed E-state index contributed by atoms with van der Waals surface area (Å²) in [6.07, 6.45) is 8.48. The third-order valence-corrected chi connectivity index (χ3v) is 6.39. The quantitative estimate of drug-likeness (QED) is 0.495. The van der Waals surface area contributed by atoms with Gasteiger partial charge in [-0.3, -0.25) is 0 Å². The van der Waals surface area contributed by atoms with Crippen LogP contribution in [0.4, 0.5) is 0 Å². The summed E-state index contributed by atoms with van der Waals surface area (Å²) in [4.78, 5) is 0. The van der Waals surface area contributed by atoms with Crippen molar-refractivity contribution < 1.29 is 4.57 Å². The van der Waals surface area contributed by atoms with E-state index in [-0.39, 0.29) is 0 Å². The molecule has 0 N–H and O–H groups in total. The highest BCUT2D eigenvalue weighted by atomic mass is 31.2. The first-order valence-electron chi connectivity index (χ1n) is 4.36. The van der Waals surface area contributed by atoms with Gasteiger partial charge in [-0.2, -0.15) is 0 Å². The summed E-state index contributed by atoms with van der Waals surface area (Å²) in [7, 11) is -1.56. The van der Waals surface area contributed by atoms with Crippen LogP contribution < -0.4 is 0 Å². The fraction of sp³-hybridized carbons (Fsp3) is 1.00. The summed E-state index contributed by atoms with van der Waals surface area (Å²) in [5.74, 6) is 0.855. The zero-order valence-electron chi connectivity index (χ0n) is 6.38. The van der Waals surface area contributed by atoms with Crippen molar-refractivity contribution in [3.05, 3.63) is 0 Å². The van der Waals surface area contributed by atoms with Crippen LogP contribution in [0.5, 0.6) is 0 Å². The van der Waals surface area contributed by atoms with Gasteiger partial charge in [0.1, 0.15) is 0 Å². The zero-order valence-corrected chi connectivity index (χ0v) is 7.28. The molecule has 0 spiro atoms. The Bertz CT molecular complexity index is 162. The molecule has 0 saturated carbocycles. The van der Waals surface area contributed by atoms with Crippen molar-refractivity contribution in [1.82, 2.24) is 0 Å². The molecule has 0 aromatic rings. The molecular formula is C8H15OP. The van der Waals surface area contributed by atoms with Crippen LogP contribution in [-0.4, -0.2) is 18.5 Å². The maximum Gasteiger partial charge on any atom is 0.0880 e. The second-order valence-electron chi connectivity index (χ2n) is 3.84. The van der Waals surface area contributed by atoms with Gasteiger partial charge in [-0.05, 0) is 31.6 Å². The first kappa shape index (κ1) is 6.91. The maximum atomic E-state index is 11.9. The van der Waals surface area contributed by atoms with Crippen LogP contribution in [0.1, 0.15) is 25.7 Å². The van der Waals surface area contributed by atoms with E-state index in [2.05, 4.69) is 0 Å². The first-order valence-corrected chi connectivity index (χ1v) is 6.62. The number of hydrogen-bond donors (Lipinski definition) is 0. The van der Waals surface area contributed by atoms with E-state index >= 15 is 0 Å². The lowest BCUT2D eigenvalue weighted by atomic mass is 10.00. The fourth-order valence-electron chi connectivity index (χ4n) is 2.43. The Balaban J connectivity index is 2.14. The van der Waals surface area contributed by atoms with Crippen LogP contribution in [0.3, 0.4) is 0 Å². The molecule has 10 heavy (non-hydrogen) atoms.